The highest BCUT2D eigenvalue weighted by molar-refractivity contribution is 6.34. The molecule has 3 aromatic rings. The molecule has 1 aliphatic carbocycles. The predicted molar refractivity (Wildman–Crippen MR) is 173 cm³/mol. The van der Waals surface area contributed by atoms with Gasteiger partial charge in [0.15, 0.2) is 5.69 Å². The molecule has 4 aliphatic heterocycles. The molecule has 8 rings (SSSR count). The number of alkyl halides is 1. The first-order valence-electron chi connectivity index (χ1n) is 16.6. The highest BCUT2D eigenvalue weighted by atomic mass is 35.5. The minimum Gasteiger partial charge on any atom is -0.461 e. The molecule has 0 radical (unpaired) electrons. The van der Waals surface area contributed by atoms with E-state index >= 15 is 0 Å². The molecule has 2 fully saturated rings. The van der Waals surface area contributed by atoms with Crippen molar-refractivity contribution in [3.05, 3.63) is 63.1 Å². The number of rotatable bonds is 5. The smallest absolute Gasteiger partial charge is 0.318 e. The lowest BCUT2D eigenvalue weighted by Crippen LogP contribution is -2.48. The maximum Gasteiger partial charge on any atom is 0.318 e. The molecule has 5 aliphatic rings. The molecular weight excluding hydrogens is 607 g/mol. The number of aryl methyl sites for hydroxylation is 2. The largest absolute Gasteiger partial charge is 0.461 e. The Kier molecular flexibility index (Phi) is 7.30. The maximum absolute atomic E-state index is 14.6. The topological polar surface area (TPSA) is 82.9 Å². The van der Waals surface area contributed by atoms with Crippen LogP contribution in [0.5, 0.6) is 6.01 Å². The van der Waals surface area contributed by atoms with Crippen LogP contribution in [-0.4, -0.2) is 99.5 Å². The number of fused-ring (bicyclic) bond motifs is 5. The number of aromatic nitrogens is 4. The van der Waals surface area contributed by atoms with Gasteiger partial charge in [0.2, 0.25) is 0 Å². The van der Waals surface area contributed by atoms with E-state index in [9.17, 15) is 9.18 Å². The predicted octanol–water partition coefficient (Wildman–Crippen LogP) is 4.22. The number of amides is 1. The number of likely N-dealkylation sites (N-methyl/N-ethyl adjacent to an activating group) is 1. The zero-order chi connectivity index (χ0) is 31.8. The second-order valence-corrected chi connectivity index (χ2v) is 14.5. The van der Waals surface area contributed by atoms with Crippen LogP contribution < -0.4 is 9.64 Å². The van der Waals surface area contributed by atoms with Gasteiger partial charge in [-0.1, -0.05) is 35.9 Å². The molecule has 1 spiro atoms. The number of hydrogen-bond donors (Lipinski definition) is 0. The Morgan fingerprint density at radius 1 is 1.13 bits per heavy atom. The van der Waals surface area contributed by atoms with Crippen LogP contribution in [0, 0.1) is 0 Å². The van der Waals surface area contributed by atoms with Crippen LogP contribution in [0.1, 0.15) is 70.7 Å². The summed E-state index contributed by atoms with van der Waals surface area (Å²) in [6.45, 7) is 4.35. The summed E-state index contributed by atoms with van der Waals surface area (Å²) in [5, 5.41) is 5.02. The fourth-order valence-electron chi connectivity index (χ4n) is 8.84. The Morgan fingerprint density at radius 3 is 2.83 bits per heavy atom. The van der Waals surface area contributed by atoms with Crippen LogP contribution in [0.15, 0.2) is 24.3 Å². The molecule has 6 heterocycles. The molecule has 3 atom stereocenters. The zero-order valence-electron chi connectivity index (χ0n) is 26.9. The average Bonchev–Trinajstić information content (AvgIpc) is 3.72. The van der Waals surface area contributed by atoms with Crippen molar-refractivity contribution in [1.29, 1.82) is 0 Å². The zero-order valence-corrected chi connectivity index (χ0v) is 27.7. The Morgan fingerprint density at radius 2 is 1.98 bits per heavy atom. The number of ether oxygens (including phenoxy) is 1. The molecule has 0 saturated carbocycles. The molecule has 0 N–H and O–H groups in total. The third kappa shape index (κ3) is 4.72. The number of anilines is 1. The molecule has 0 bridgehead atoms. The summed E-state index contributed by atoms with van der Waals surface area (Å²) >= 11 is 6.86. The van der Waals surface area contributed by atoms with Crippen LogP contribution >= 0.6 is 11.6 Å². The summed E-state index contributed by atoms with van der Waals surface area (Å²) in [6.07, 6.45) is 5.32. The fraction of sp³-hybridized carbons (Fsp3) is 0.588. The van der Waals surface area contributed by atoms with Crippen LogP contribution in [-0.2, 0) is 38.0 Å². The lowest BCUT2D eigenvalue weighted by Gasteiger charge is -2.44. The molecule has 244 valence electrons. The lowest BCUT2D eigenvalue weighted by molar-refractivity contribution is 0.0821. The summed E-state index contributed by atoms with van der Waals surface area (Å²) in [6, 6.07) is 9.15. The first-order chi connectivity index (χ1) is 22.2. The van der Waals surface area contributed by atoms with E-state index in [1.165, 1.54) is 16.0 Å². The van der Waals surface area contributed by atoms with Crippen molar-refractivity contribution < 1.29 is 13.9 Å². The second kappa shape index (κ2) is 11.2. The quantitative estimate of drug-likeness (QED) is 0.407. The van der Waals surface area contributed by atoms with Gasteiger partial charge >= 0.3 is 6.01 Å². The molecular formula is C34H42ClFN8O2. The van der Waals surface area contributed by atoms with Crippen molar-refractivity contribution in [2.75, 3.05) is 52.3 Å². The van der Waals surface area contributed by atoms with Crippen LogP contribution in [0.4, 0.5) is 10.2 Å². The van der Waals surface area contributed by atoms with E-state index in [1.807, 2.05) is 4.68 Å². The highest BCUT2D eigenvalue weighted by Gasteiger charge is 2.50. The van der Waals surface area contributed by atoms with Gasteiger partial charge in [0.05, 0.1) is 34.0 Å². The molecule has 2 saturated heterocycles. The summed E-state index contributed by atoms with van der Waals surface area (Å²) in [7, 11) is 5.63. The summed E-state index contributed by atoms with van der Waals surface area (Å²) in [4.78, 5) is 31.6. The second-order valence-electron chi connectivity index (χ2n) is 14.1. The van der Waals surface area contributed by atoms with Gasteiger partial charge in [0.1, 0.15) is 18.6 Å². The third-order valence-corrected chi connectivity index (χ3v) is 11.6. The van der Waals surface area contributed by atoms with E-state index in [0.717, 1.165) is 74.4 Å². The van der Waals surface area contributed by atoms with Crippen molar-refractivity contribution in [2.24, 2.45) is 0 Å². The van der Waals surface area contributed by atoms with E-state index in [-0.39, 0.29) is 22.7 Å². The average molecular weight is 649 g/mol. The molecule has 1 amide bonds. The number of hydrogen-bond acceptors (Lipinski definition) is 8. The number of carbonyl (C=O) groups is 1. The Balaban J connectivity index is 1.18. The van der Waals surface area contributed by atoms with E-state index in [1.54, 1.807) is 14.1 Å². The molecule has 46 heavy (non-hydrogen) atoms. The van der Waals surface area contributed by atoms with Crippen molar-refractivity contribution in [1.82, 2.24) is 34.4 Å². The van der Waals surface area contributed by atoms with Gasteiger partial charge in [0, 0.05) is 58.7 Å². The minimum atomic E-state index is -0.822. The third-order valence-electron chi connectivity index (χ3n) is 11.2. The van der Waals surface area contributed by atoms with Gasteiger partial charge < -0.3 is 14.5 Å². The van der Waals surface area contributed by atoms with Gasteiger partial charge in [0.25, 0.3) is 5.91 Å². The first kappa shape index (κ1) is 30.1. The van der Waals surface area contributed by atoms with Crippen molar-refractivity contribution >= 4 is 23.3 Å². The fourth-order valence-corrected chi connectivity index (χ4v) is 9.11. The molecule has 1 aromatic carbocycles. The number of nitrogens with zero attached hydrogens (tertiary/aromatic N) is 8. The number of carbonyl (C=O) groups excluding carboxylic acids is 1. The Labute approximate surface area is 274 Å². The highest BCUT2D eigenvalue weighted by Crippen LogP contribution is 2.48. The van der Waals surface area contributed by atoms with Gasteiger partial charge in [-0.2, -0.15) is 15.1 Å². The summed E-state index contributed by atoms with van der Waals surface area (Å²) in [5.41, 5.74) is 5.57. The SMILES string of the molecule is CN(C)C(=O)c1nn2c(c1Cl)CN(c1nc(OCC34CCCN3C[C@H](F)C4)nc3c1CN(C)[C@@]1(CCc4ccccc41)C3)CCC2. The van der Waals surface area contributed by atoms with Crippen molar-refractivity contribution in [3.8, 4) is 6.01 Å². The minimum absolute atomic E-state index is 0.136. The summed E-state index contributed by atoms with van der Waals surface area (Å²) < 4.78 is 23.0. The van der Waals surface area contributed by atoms with Crippen LogP contribution in [0.2, 0.25) is 5.02 Å². The van der Waals surface area contributed by atoms with E-state index in [4.69, 9.17) is 26.3 Å². The van der Waals surface area contributed by atoms with Gasteiger partial charge in [-0.05, 0) is 56.8 Å². The standard InChI is InChI=1S/C34H42ClFN8O2/c1-40(2)31(45)29-28(35)27-20-42(13-7-15-44(27)39-29)30-24-19-41(3)34(12-10-22-8-4-5-9-25(22)34)17-26(24)37-32(38-30)46-21-33-11-6-14-43(33)18-23(36)16-33/h4-5,8-9,23H,6-7,10-21H2,1-3H3/t23-,33?,34+/m1/s1. The molecule has 10 nitrogen and oxygen atoms in total. The molecule has 2 aromatic heterocycles. The Bertz CT molecular complexity index is 1700. The maximum atomic E-state index is 14.6. The summed E-state index contributed by atoms with van der Waals surface area (Å²) in [5.74, 6) is 0.633. The number of halogens is 2. The molecule has 1 unspecified atom stereocenters. The van der Waals surface area contributed by atoms with Crippen LogP contribution in [0.25, 0.3) is 0 Å². The normalized spacial score (nSPS) is 27.3. The Hall–Kier alpha value is -3.28. The van der Waals surface area contributed by atoms with E-state index in [2.05, 4.69) is 51.1 Å². The van der Waals surface area contributed by atoms with Crippen molar-refractivity contribution in [2.45, 2.75) is 81.8 Å². The van der Waals surface area contributed by atoms with Crippen molar-refractivity contribution in [3.63, 3.8) is 0 Å². The van der Waals surface area contributed by atoms with Crippen LogP contribution in [0.3, 0.4) is 0 Å². The monoisotopic (exact) mass is 648 g/mol. The van der Waals surface area contributed by atoms with Gasteiger partial charge in [-0.25, -0.2) is 4.39 Å². The van der Waals surface area contributed by atoms with Gasteiger partial charge in [-0.15, -0.1) is 0 Å². The van der Waals surface area contributed by atoms with E-state index < -0.39 is 6.17 Å². The lowest BCUT2D eigenvalue weighted by atomic mass is 9.81. The first-order valence-corrected chi connectivity index (χ1v) is 17.0. The molecule has 12 heteroatoms. The van der Waals surface area contributed by atoms with E-state index in [0.29, 0.717) is 50.2 Å². The van der Waals surface area contributed by atoms with Gasteiger partial charge in [-0.3, -0.25) is 19.3 Å². The number of benzene rings is 1.